The molecule has 4 unspecified atom stereocenters. The zero-order chi connectivity index (χ0) is 12.5. The fourth-order valence-corrected chi connectivity index (χ4v) is 3.64. The van der Waals surface area contributed by atoms with Crippen LogP contribution in [0.1, 0.15) is 32.1 Å². The zero-order valence-electron chi connectivity index (χ0n) is 10.6. The number of fused-ring (bicyclic) bond motifs is 1. The van der Waals surface area contributed by atoms with Crippen LogP contribution in [0.5, 0.6) is 0 Å². The molecule has 3 N–H and O–H groups in total. The van der Waals surface area contributed by atoms with Gasteiger partial charge in [-0.15, -0.1) is 0 Å². The van der Waals surface area contributed by atoms with Gasteiger partial charge in [0.1, 0.15) is 0 Å². The molecule has 0 spiro atoms. The highest BCUT2D eigenvalue weighted by molar-refractivity contribution is 5.83. The van der Waals surface area contributed by atoms with E-state index in [1.807, 2.05) is 0 Å². The third-order valence-corrected chi connectivity index (χ3v) is 4.64. The molecule has 4 atom stereocenters. The number of rotatable bonds is 3. The first-order chi connectivity index (χ1) is 8.74. The average Bonchev–Trinajstić information content (AvgIpc) is 3.01. The summed E-state index contributed by atoms with van der Waals surface area (Å²) in [6.45, 7) is 1.56. The first kappa shape index (κ1) is 12.0. The molecule has 5 heteroatoms. The van der Waals surface area contributed by atoms with E-state index in [0.717, 1.165) is 13.0 Å². The van der Waals surface area contributed by atoms with Crippen molar-refractivity contribution >= 4 is 11.8 Å². The van der Waals surface area contributed by atoms with Gasteiger partial charge in [0.05, 0.1) is 6.04 Å². The predicted octanol–water partition coefficient (Wildman–Crippen LogP) is -0.231. The molecule has 18 heavy (non-hydrogen) atoms. The predicted molar refractivity (Wildman–Crippen MR) is 66.8 cm³/mol. The fourth-order valence-electron chi connectivity index (χ4n) is 3.64. The Hall–Kier alpha value is -1.10. The van der Waals surface area contributed by atoms with Gasteiger partial charge >= 0.3 is 0 Å². The lowest BCUT2D eigenvalue weighted by Gasteiger charge is -2.19. The molecule has 2 aliphatic heterocycles. The third kappa shape index (κ3) is 2.23. The van der Waals surface area contributed by atoms with E-state index in [2.05, 4.69) is 16.0 Å². The second kappa shape index (κ2) is 4.88. The van der Waals surface area contributed by atoms with Crippen LogP contribution < -0.4 is 16.0 Å². The van der Waals surface area contributed by atoms with E-state index < -0.39 is 0 Å². The van der Waals surface area contributed by atoms with Crippen molar-refractivity contribution < 1.29 is 9.59 Å². The molecule has 100 valence electrons. The highest BCUT2D eigenvalue weighted by Crippen LogP contribution is 2.37. The zero-order valence-corrected chi connectivity index (χ0v) is 10.6. The van der Waals surface area contributed by atoms with Crippen LogP contribution in [0.4, 0.5) is 0 Å². The molecule has 3 fully saturated rings. The Balaban J connectivity index is 1.48. The minimum atomic E-state index is -0.00500. The smallest absolute Gasteiger partial charge is 0.237 e. The Labute approximate surface area is 107 Å². The van der Waals surface area contributed by atoms with Crippen molar-refractivity contribution in [2.45, 2.75) is 44.2 Å². The van der Waals surface area contributed by atoms with E-state index in [-0.39, 0.29) is 23.9 Å². The Morgan fingerprint density at radius 2 is 2.22 bits per heavy atom. The van der Waals surface area contributed by atoms with Crippen LogP contribution in [-0.4, -0.2) is 37.0 Å². The van der Waals surface area contributed by atoms with Gasteiger partial charge in [-0.2, -0.15) is 0 Å². The van der Waals surface area contributed by atoms with Crippen LogP contribution in [-0.2, 0) is 9.59 Å². The van der Waals surface area contributed by atoms with Gasteiger partial charge in [-0.05, 0) is 37.6 Å². The SMILES string of the molecule is O=C1CCC(CNC(=O)C2NCC3CCCC32)N1. The molecule has 0 radical (unpaired) electrons. The molecule has 2 heterocycles. The summed E-state index contributed by atoms with van der Waals surface area (Å²) in [5.41, 5.74) is 0. The number of hydrogen-bond donors (Lipinski definition) is 3. The van der Waals surface area contributed by atoms with Crippen molar-refractivity contribution in [3.8, 4) is 0 Å². The summed E-state index contributed by atoms with van der Waals surface area (Å²) in [5.74, 6) is 1.45. The first-order valence-electron chi connectivity index (χ1n) is 7.04. The van der Waals surface area contributed by atoms with Crippen LogP contribution in [0.3, 0.4) is 0 Å². The lowest BCUT2D eigenvalue weighted by Crippen LogP contribution is -2.47. The second-order valence-electron chi connectivity index (χ2n) is 5.79. The Kier molecular flexibility index (Phi) is 3.24. The molecule has 0 aromatic rings. The average molecular weight is 251 g/mol. The Morgan fingerprint density at radius 3 is 3.00 bits per heavy atom. The number of amides is 2. The second-order valence-corrected chi connectivity index (χ2v) is 5.79. The van der Waals surface area contributed by atoms with Crippen LogP contribution in [0.15, 0.2) is 0 Å². The van der Waals surface area contributed by atoms with Gasteiger partial charge in [0.25, 0.3) is 0 Å². The summed E-state index contributed by atoms with van der Waals surface area (Å²) in [6, 6.07) is 0.122. The van der Waals surface area contributed by atoms with Crippen molar-refractivity contribution in [3.63, 3.8) is 0 Å². The maximum Gasteiger partial charge on any atom is 0.237 e. The molecule has 3 rings (SSSR count). The molecule has 0 aromatic carbocycles. The fraction of sp³-hybridized carbons (Fsp3) is 0.846. The lowest BCUT2D eigenvalue weighted by molar-refractivity contribution is -0.124. The van der Waals surface area contributed by atoms with E-state index in [0.29, 0.717) is 24.8 Å². The molecule has 1 saturated carbocycles. The summed E-state index contributed by atoms with van der Waals surface area (Å²) >= 11 is 0. The van der Waals surface area contributed by atoms with Gasteiger partial charge in [-0.25, -0.2) is 0 Å². The largest absolute Gasteiger partial charge is 0.353 e. The van der Waals surface area contributed by atoms with Crippen LogP contribution >= 0.6 is 0 Å². The molecule has 2 saturated heterocycles. The van der Waals surface area contributed by atoms with E-state index in [9.17, 15) is 9.59 Å². The Morgan fingerprint density at radius 1 is 1.33 bits per heavy atom. The van der Waals surface area contributed by atoms with Gasteiger partial charge in [-0.3, -0.25) is 9.59 Å². The minimum Gasteiger partial charge on any atom is -0.353 e. The maximum atomic E-state index is 12.1. The standard InChI is InChI=1S/C13H21N3O2/c17-11-5-4-9(16-11)7-15-13(18)12-10-3-1-2-8(10)6-14-12/h8-10,12,14H,1-7H2,(H,15,18)(H,16,17). The van der Waals surface area contributed by atoms with Crippen molar-refractivity contribution in [2.24, 2.45) is 11.8 Å². The molecule has 0 aromatic heterocycles. The Bertz CT molecular complexity index is 358. The molecular weight excluding hydrogens is 230 g/mol. The molecular formula is C13H21N3O2. The summed E-state index contributed by atoms with van der Waals surface area (Å²) in [4.78, 5) is 23.2. The normalized spacial score (nSPS) is 38.6. The molecule has 5 nitrogen and oxygen atoms in total. The van der Waals surface area contributed by atoms with Crippen molar-refractivity contribution in [1.29, 1.82) is 0 Å². The molecule has 0 bridgehead atoms. The monoisotopic (exact) mass is 251 g/mol. The first-order valence-corrected chi connectivity index (χ1v) is 7.04. The molecule has 3 aliphatic rings. The van der Waals surface area contributed by atoms with Crippen LogP contribution in [0, 0.1) is 11.8 Å². The highest BCUT2D eigenvalue weighted by atomic mass is 16.2. The number of carbonyl (C=O) groups excluding carboxylic acids is 2. The summed E-state index contributed by atoms with van der Waals surface area (Å²) in [6.07, 6.45) is 5.13. The van der Waals surface area contributed by atoms with Crippen molar-refractivity contribution in [1.82, 2.24) is 16.0 Å². The number of hydrogen-bond acceptors (Lipinski definition) is 3. The topological polar surface area (TPSA) is 70.2 Å². The van der Waals surface area contributed by atoms with Crippen LogP contribution in [0.25, 0.3) is 0 Å². The summed E-state index contributed by atoms with van der Waals surface area (Å²) in [5, 5.41) is 9.20. The molecule has 2 amide bonds. The van der Waals surface area contributed by atoms with E-state index in [4.69, 9.17) is 0 Å². The third-order valence-electron chi connectivity index (χ3n) is 4.64. The summed E-state index contributed by atoms with van der Waals surface area (Å²) < 4.78 is 0. The van der Waals surface area contributed by atoms with Gasteiger partial charge in [-0.1, -0.05) is 6.42 Å². The van der Waals surface area contributed by atoms with E-state index in [1.54, 1.807) is 0 Å². The number of carbonyl (C=O) groups is 2. The van der Waals surface area contributed by atoms with Crippen molar-refractivity contribution in [3.05, 3.63) is 0 Å². The van der Waals surface area contributed by atoms with Crippen LogP contribution in [0.2, 0.25) is 0 Å². The quantitative estimate of drug-likeness (QED) is 0.649. The minimum absolute atomic E-state index is 0.00500. The molecule has 1 aliphatic carbocycles. The van der Waals surface area contributed by atoms with Crippen molar-refractivity contribution in [2.75, 3.05) is 13.1 Å². The lowest BCUT2D eigenvalue weighted by atomic mass is 9.93. The maximum absolute atomic E-state index is 12.1. The highest BCUT2D eigenvalue weighted by Gasteiger charge is 2.42. The van der Waals surface area contributed by atoms with Gasteiger partial charge in [0.2, 0.25) is 11.8 Å². The van der Waals surface area contributed by atoms with Gasteiger partial charge < -0.3 is 16.0 Å². The van der Waals surface area contributed by atoms with E-state index in [1.165, 1.54) is 19.3 Å². The summed E-state index contributed by atoms with van der Waals surface area (Å²) in [7, 11) is 0. The van der Waals surface area contributed by atoms with E-state index >= 15 is 0 Å². The van der Waals surface area contributed by atoms with Gasteiger partial charge in [0.15, 0.2) is 0 Å². The van der Waals surface area contributed by atoms with Gasteiger partial charge in [0, 0.05) is 19.0 Å². The number of nitrogens with one attached hydrogen (secondary N) is 3.